The summed E-state index contributed by atoms with van der Waals surface area (Å²) in [6.07, 6.45) is 2.57. The minimum absolute atomic E-state index is 0.309. The molecule has 1 N–H and O–H groups in total. The molecule has 0 saturated carbocycles. The van der Waals surface area contributed by atoms with E-state index in [2.05, 4.69) is 18.3 Å². The minimum Gasteiger partial charge on any atom is -0.459 e. The average Bonchev–Trinajstić information content (AvgIpc) is 3.04. The van der Waals surface area contributed by atoms with Gasteiger partial charge < -0.3 is 9.73 Å². The smallest absolute Gasteiger partial charge is 0.134 e. The number of thioether (sulfide) groups is 1. The van der Waals surface area contributed by atoms with Crippen molar-refractivity contribution in [3.8, 4) is 0 Å². The Morgan fingerprint density at radius 2 is 2.37 bits per heavy atom. The molecule has 0 spiro atoms. The van der Waals surface area contributed by atoms with E-state index >= 15 is 0 Å². The van der Waals surface area contributed by atoms with Gasteiger partial charge in [0.2, 0.25) is 0 Å². The zero-order valence-corrected chi connectivity index (χ0v) is 12.6. The maximum Gasteiger partial charge on any atom is 0.134 e. The van der Waals surface area contributed by atoms with Crippen molar-refractivity contribution < 1.29 is 4.42 Å². The second-order valence-corrected chi connectivity index (χ2v) is 6.70. The molecule has 4 heteroatoms. The van der Waals surface area contributed by atoms with Crippen LogP contribution in [-0.4, -0.2) is 17.5 Å². The van der Waals surface area contributed by atoms with Gasteiger partial charge in [-0.3, -0.25) is 0 Å². The van der Waals surface area contributed by atoms with E-state index in [0.29, 0.717) is 11.3 Å². The van der Waals surface area contributed by atoms with E-state index in [1.54, 1.807) is 0 Å². The molecular weight excluding hydrogens is 278 g/mol. The van der Waals surface area contributed by atoms with Crippen LogP contribution in [0.4, 0.5) is 0 Å². The summed E-state index contributed by atoms with van der Waals surface area (Å²) in [6.45, 7) is 3.10. The quantitative estimate of drug-likeness (QED) is 0.890. The second-order valence-electron chi connectivity index (χ2n) is 4.92. The molecule has 1 aliphatic heterocycles. The van der Waals surface area contributed by atoms with Crippen LogP contribution < -0.4 is 5.32 Å². The molecule has 1 aromatic carbocycles. The number of furan rings is 1. The first-order chi connectivity index (χ1) is 9.28. The van der Waals surface area contributed by atoms with Crippen LogP contribution in [0.5, 0.6) is 0 Å². The van der Waals surface area contributed by atoms with Crippen LogP contribution in [0.3, 0.4) is 0 Å². The fraction of sp³-hybridized carbons (Fsp3) is 0.467. The van der Waals surface area contributed by atoms with Crippen LogP contribution in [-0.2, 0) is 0 Å². The highest BCUT2D eigenvalue weighted by Crippen LogP contribution is 2.38. The third kappa shape index (κ3) is 2.78. The molecule has 102 valence electrons. The van der Waals surface area contributed by atoms with E-state index in [1.165, 1.54) is 18.6 Å². The fourth-order valence-corrected chi connectivity index (χ4v) is 4.26. The maximum absolute atomic E-state index is 6.03. The van der Waals surface area contributed by atoms with Crippen molar-refractivity contribution in [3.63, 3.8) is 0 Å². The first-order valence-corrected chi connectivity index (χ1v) is 8.24. The highest BCUT2D eigenvalue weighted by Gasteiger charge is 2.28. The molecule has 0 bridgehead atoms. The van der Waals surface area contributed by atoms with Gasteiger partial charge in [-0.1, -0.05) is 18.5 Å². The molecule has 1 aromatic heterocycles. The van der Waals surface area contributed by atoms with E-state index < -0.39 is 0 Å². The minimum atomic E-state index is 0.309. The van der Waals surface area contributed by atoms with Crippen molar-refractivity contribution in [1.29, 1.82) is 0 Å². The third-order valence-electron chi connectivity index (χ3n) is 3.56. The molecule has 2 unspecified atom stereocenters. The summed E-state index contributed by atoms with van der Waals surface area (Å²) in [4.78, 5) is 0. The Labute approximate surface area is 122 Å². The van der Waals surface area contributed by atoms with Crippen molar-refractivity contribution in [3.05, 3.63) is 35.0 Å². The van der Waals surface area contributed by atoms with Crippen LogP contribution in [0.25, 0.3) is 11.0 Å². The molecule has 2 aromatic rings. The van der Waals surface area contributed by atoms with Gasteiger partial charge in [0.15, 0.2) is 0 Å². The van der Waals surface area contributed by atoms with Gasteiger partial charge in [-0.15, -0.1) is 0 Å². The number of halogens is 1. The second kappa shape index (κ2) is 5.78. The van der Waals surface area contributed by atoms with Gasteiger partial charge in [-0.2, -0.15) is 11.8 Å². The lowest BCUT2D eigenvalue weighted by atomic mass is 10.1. The number of nitrogens with one attached hydrogen (secondary N) is 1. The van der Waals surface area contributed by atoms with Crippen LogP contribution >= 0.6 is 23.4 Å². The Morgan fingerprint density at radius 1 is 1.47 bits per heavy atom. The van der Waals surface area contributed by atoms with Crippen molar-refractivity contribution in [1.82, 2.24) is 5.32 Å². The summed E-state index contributed by atoms with van der Waals surface area (Å²) in [5.41, 5.74) is 0.922. The van der Waals surface area contributed by atoms with Gasteiger partial charge in [-0.05, 0) is 49.4 Å². The molecule has 1 saturated heterocycles. The molecule has 19 heavy (non-hydrogen) atoms. The highest BCUT2D eigenvalue weighted by atomic mass is 35.5. The lowest BCUT2D eigenvalue weighted by Crippen LogP contribution is -2.28. The molecule has 0 aliphatic carbocycles. The van der Waals surface area contributed by atoms with Gasteiger partial charge in [-0.25, -0.2) is 0 Å². The van der Waals surface area contributed by atoms with Crippen molar-refractivity contribution in [2.75, 3.05) is 12.3 Å². The van der Waals surface area contributed by atoms with Crippen molar-refractivity contribution in [2.24, 2.45) is 0 Å². The van der Waals surface area contributed by atoms with Crippen molar-refractivity contribution >= 4 is 34.3 Å². The molecular formula is C15H18ClNOS. The Morgan fingerprint density at radius 3 is 3.11 bits per heavy atom. The lowest BCUT2D eigenvalue weighted by molar-refractivity contribution is 0.422. The molecule has 1 fully saturated rings. The summed E-state index contributed by atoms with van der Waals surface area (Å²) in [5, 5.41) is 6.04. The zero-order valence-electron chi connectivity index (χ0n) is 11.0. The summed E-state index contributed by atoms with van der Waals surface area (Å²) in [5.74, 6) is 2.30. The van der Waals surface area contributed by atoms with Gasteiger partial charge in [0.05, 0.1) is 6.04 Å². The number of hydrogen-bond donors (Lipinski definition) is 1. The number of hydrogen-bond acceptors (Lipinski definition) is 3. The number of benzene rings is 1. The van der Waals surface area contributed by atoms with Gasteiger partial charge in [0.1, 0.15) is 11.3 Å². The van der Waals surface area contributed by atoms with Gasteiger partial charge in [0, 0.05) is 15.7 Å². The Bertz CT molecular complexity index is 562. The van der Waals surface area contributed by atoms with Gasteiger partial charge >= 0.3 is 0 Å². The molecule has 1 aliphatic rings. The Balaban J connectivity index is 1.94. The SMILES string of the molecule is CCNC(c1cc2cc(Cl)ccc2o1)C1CCCS1. The van der Waals surface area contributed by atoms with Gasteiger partial charge in [0.25, 0.3) is 0 Å². The molecule has 0 radical (unpaired) electrons. The molecule has 2 atom stereocenters. The first-order valence-electron chi connectivity index (χ1n) is 6.82. The summed E-state index contributed by atoms with van der Waals surface area (Å²) in [6, 6.07) is 8.24. The predicted molar refractivity (Wildman–Crippen MR) is 83.1 cm³/mol. The summed E-state index contributed by atoms with van der Waals surface area (Å²) in [7, 11) is 0. The monoisotopic (exact) mass is 295 g/mol. The highest BCUT2D eigenvalue weighted by molar-refractivity contribution is 8.00. The fourth-order valence-electron chi connectivity index (χ4n) is 2.69. The Hall–Kier alpha value is -0.640. The molecule has 2 heterocycles. The predicted octanol–water partition coefficient (Wildman–Crippen LogP) is 4.63. The Kier molecular flexibility index (Phi) is 4.06. The molecule has 2 nitrogen and oxygen atoms in total. The van der Waals surface area contributed by atoms with E-state index in [4.69, 9.17) is 16.0 Å². The van der Waals surface area contributed by atoms with Crippen LogP contribution in [0.15, 0.2) is 28.7 Å². The number of rotatable bonds is 4. The first kappa shape index (κ1) is 13.3. The van der Waals surface area contributed by atoms with E-state index in [0.717, 1.165) is 28.3 Å². The van der Waals surface area contributed by atoms with E-state index in [-0.39, 0.29) is 0 Å². The summed E-state index contributed by atoms with van der Waals surface area (Å²) >= 11 is 8.08. The largest absolute Gasteiger partial charge is 0.459 e. The van der Waals surface area contributed by atoms with E-state index in [9.17, 15) is 0 Å². The number of fused-ring (bicyclic) bond motifs is 1. The standard InChI is InChI=1S/C15H18ClNOS/c1-2-17-15(14-4-3-7-19-14)13-9-10-8-11(16)5-6-12(10)18-13/h5-6,8-9,14-15,17H,2-4,7H2,1H3. The topological polar surface area (TPSA) is 25.2 Å². The van der Waals surface area contributed by atoms with Crippen LogP contribution in [0, 0.1) is 0 Å². The maximum atomic E-state index is 6.03. The molecule has 3 rings (SSSR count). The normalized spacial score (nSPS) is 21.1. The van der Waals surface area contributed by atoms with Crippen LogP contribution in [0.2, 0.25) is 5.02 Å². The third-order valence-corrected chi connectivity index (χ3v) is 5.26. The summed E-state index contributed by atoms with van der Waals surface area (Å²) < 4.78 is 6.02. The lowest BCUT2D eigenvalue weighted by Gasteiger charge is -2.21. The van der Waals surface area contributed by atoms with Crippen LogP contribution in [0.1, 0.15) is 31.6 Å². The van der Waals surface area contributed by atoms with E-state index in [1.807, 2.05) is 30.0 Å². The zero-order chi connectivity index (χ0) is 13.2. The average molecular weight is 296 g/mol. The molecule has 0 amide bonds. The van der Waals surface area contributed by atoms with Crippen molar-refractivity contribution in [2.45, 2.75) is 31.1 Å².